The van der Waals surface area contributed by atoms with Gasteiger partial charge >= 0.3 is 0 Å². The molecule has 8 heteroatoms. The molecule has 0 radical (unpaired) electrons. The lowest BCUT2D eigenvalue weighted by Crippen LogP contribution is -2.26. The largest absolute Gasteiger partial charge is 0.390 e. The van der Waals surface area contributed by atoms with Crippen LogP contribution in [0.5, 0.6) is 0 Å². The van der Waals surface area contributed by atoms with Gasteiger partial charge in [-0.05, 0) is 37.9 Å². The number of benzene rings is 4. The molecule has 0 aliphatic carbocycles. The van der Waals surface area contributed by atoms with E-state index in [2.05, 4.69) is 69.5 Å². The molecule has 4 aromatic carbocycles. The zero-order valence-corrected chi connectivity index (χ0v) is 18.8. The smallest absolute Gasteiger partial charge is 0.167 e. The van der Waals surface area contributed by atoms with Crippen LogP contribution in [-0.4, -0.2) is 43.4 Å². The summed E-state index contributed by atoms with van der Waals surface area (Å²) in [6.45, 7) is 0.715. The second-order valence-corrected chi connectivity index (χ2v) is 9.11. The first kappa shape index (κ1) is 20.5. The van der Waals surface area contributed by atoms with E-state index >= 15 is 0 Å². The molecule has 1 aliphatic heterocycles. The van der Waals surface area contributed by atoms with Crippen molar-refractivity contribution in [3.05, 3.63) is 72.8 Å². The monoisotopic (exact) mass is 465 g/mol. The van der Waals surface area contributed by atoms with Crippen molar-refractivity contribution < 1.29 is 14.6 Å². The van der Waals surface area contributed by atoms with Crippen LogP contribution in [0.1, 0.15) is 18.2 Å². The fourth-order valence-corrected chi connectivity index (χ4v) is 5.32. The Balaban J connectivity index is 1.11. The van der Waals surface area contributed by atoms with Gasteiger partial charge in [-0.25, -0.2) is 15.0 Å². The van der Waals surface area contributed by atoms with Gasteiger partial charge in [0.2, 0.25) is 0 Å². The van der Waals surface area contributed by atoms with Crippen LogP contribution >= 0.6 is 0 Å². The molecule has 1 aliphatic rings. The number of aromatic nitrogens is 4. The Hall–Kier alpha value is -3.85. The Bertz CT molecular complexity index is 1680. The number of nitrogens with two attached hydrogens (primary N) is 1. The molecular weight excluding hydrogens is 442 g/mol. The van der Waals surface area contributed by atoms with Gasteiger partial charge in [0.25, 0.3) is 0 Å². The molecule has 7 rings (SSSR count). The second kappa shape index (κ2) is 7.84. The number of fused-ring (bicyclic) bond motifs is 1. The first-order valence-electron chi connectivity index (χ1n) is 11.7. The number of aliphatic hydroxyl groups excluding tert-OH is 1. The van der Waals surface area contributed by atoms with E-state index in [-0.39, 0.29) is 6.61 Å². The number of rotatable bonds is 5. The van der Waals surface area contributed by atoms with Crippen LogP contribution in [0.4, 0.5) is 5.82 Å². The van der Waals surface area contributed by atoms with E-state index in [1.54, 1.807) is 10.9 Å². The van der Waals surface area contributed by atoms with Gasteiger partial charge in [0.1, 0.15) is 24.2 Å². The van der Waals surface area contributed by atoms with Crippen LogP contribution in [0, 0.1) is 0 Å². The summed E-state index contributed by atoms with van der Waals surface area (Å²) in [7, 11) is 0. The summed E-state index contributed by atoms with van der Waals surface area (Å²) in [5, 5.41) is 18.1. The van der Waals surface area contributed by atoms with Crippen LogP contribution in [0.2, 0.25) is 0 Å². The van der Waals surface area contributed by atoms with Gasteiger partial charge in [0.15, 0.2) is 11.5 Å². The highest BCUT2D eigenvalue weighted by atomic mass is 16.6. The van der Waals surface area contributed by atoms with Crippen molar-refractivity contribution in [3.8, 4) is 0 Å². The Morgan fingerprint density at radius 3 is 2.60 bits per heavy atom. The molecule has 0 bridgehead atoms. The molecule has 6 aromatic rings. The first-order valence-corrected chi connectivity index (χ1v) is 11.7. The third-order valence-corrected chi connectivity index (χ3v) is 7.06. The number of hydrogen-bond acceptors (Lipinski definition) is 7. The molecule has 1 fully saturated rings. The normalized spacial score (nSPS) is 20.7. The van der Waals surface area contributed by atoms with E-state index in [1.807, 2.05) is 0 Å². The van der Waals surface area contributed by atoms with E-state index in [9.17, 15) is 5.11 Å². The van der Waals surface area contributed by atoms with Gasteiger partial charge in [0.05, 0.1) is 25.6 Å². The summed E-state index contributed by atoms with van der Waals surface area (Å²) in [4.78, 5) is 12.6. The minimum absolute atomic E-state index is 0.281. The molecule has 174 valence electrons. The van der Waals surface area contributed by atoms with Crippen molar-refractivity contribution in [2.45, 2.75) is 31.5 Å². The second-order valence-electron chi connectivity index (χ2n) is 9.11. The molecule has 2 aromatic heterocycles. The summed E-state index contributed by atoms with van der Waals surface area (Å²) >= 11 is 0. The van der Waals surface area contributed by atoms with E-state index in [0.29, 0.717) is 30.0 Å². The number of hydrogen-bond donors (Lipinski definition) is 2. The van der Waals surface area contributed by atoms with E-state index in [0.717, 1.165) is 5.56 Å². The maximum absolute atomic E-state index is 10.6. The summed E-state index contributed by atoms with van der Waals surface area (Å²) in [6, 6.07) is 19.4. The average Bonchev–Trinajstić information content (AvgIpc) is 3.47. The minimum atomic E-state index is -0.655. The van der Waals surface area contributed by atoms with Crippen LogP contribution in [0.15, 0.2) is 67.3 Å². The van der Waals surface area contributed by atoms with Gasteiger partial charge in [-0.3, -0.25) is 4.57 Å². The van der Waals surface area contributed by atoms with Crippen molar-refractivity contribution in [2.24, 2.45) is 0 Å². The predicted octanol–water partition coefficient (Wildman–Crippen LogP) is 4.17. The van der Waals surface area contributed by atoms with E-state index in [1.165, 1.54) is 38.6 Å². The minimum Gasteiger partial charge on any atom is -0.390 e. The first-order chi connectivity index (χ1) is 17.2. The lowest BCUT2D eigenvalue weighted by molar-refractivity contribution is -0.0645. The lowest BCUT2D eigenvalue weighted by Gasteiger charge is -2.17. The molecule has 3 heterocycles. The standard InChI is InChI=1S/C27H23N5O3/c28-26-25-27(30-13-29-26)32(14-31-25)22-10-20(33)21(35-22)12-34-11-18-7-6-17-5-4-15-2-1-3-16-8-9-19(18)24(17)23(15)16/h1-9,13-14,20-22,33H,10-12H2,(H2,28,29,30)/t20-,21+,22+/m0/s1. The van der Waals surface area contributed by atoms with Crippen LogP contribution in [0.3, 0.4) is 0 Å². The molecule has 0 amide bonds. The molecule has 0 spiro atoms. The maximum atomic E-state index is 10.6. The fraction of sp³-hybridized carbons (Fsp3) is 0.222. The fourth-order valence-electron chi connectivity index (χ4n) is 5.32. The molecule has 0 saturated carbocycles. The molecule has 1 saturated heterocycles. The van der Waals surface area contributed by atoms with Crippen molar-refractivity contribution in [2.75, 3.05) is 12.3 Å². The number of ether oxygens (including phenoxy) is 2. The highest BCUT2D eigenvalue weighted by Crippen LogP contribution is 2.36. The van der Waals surface area contributed by atoms with Gasteiger partial charge in [-0.2, -0.15) is 0 Å². The summed E-state index contributed by atoms with van der Waals surface area (Å²) in [6.07, 6.45) is 1.95. The van der Waals surface area contributed by atoms with Gasteiger partial charge < -0.3 is 20.3 Å². The van der Waals surface area contributed by atoms with Gasteiger partial charge in [0, 0.05) is 6.42 Å². The number of nitrogen functional groups attached to an aromatic ring is 1. The summed E-state index contributed by atoms with van der Waals surface area (Å²) in [5.41, 5.74) is 8.13. The molecular formula is C27H23N5O3. The van der Waals surface area contributed by atoms with Gasteiger partial charge in [-0.1, -0.05) is 54.6 Å². The zero-order chi connectivity index (χ0) is 23.5. The average molecular weight is 466 g/mol. The quantitative estimate of drug-likeness (QED) is 0.368. The van der Waals surface area contributed by atoms with Crippen molar-refractivity contribution >= 4 is 49.3 Å². The SMILES string of the molecule is Nc1ncnc2c1ncn2[C@H]1C[C@H](O)[C@@H](COCc2ccc3ccc4cccc5ccc2c3c45)O1. The maximum Gasteiger partial charge on any atom is 0.167 e. The molecule has 3 N–H and O–H groups in total. The summed E-state index contributed by atoms with van der Waals surface area (Å²) < 4.78 is 14.0. The van der Waals surface area contributed by atoms with Crippen molar-refractivity contribution in [1.29, 1.82) is 0 Å². The Morgan fingerprint density at radius 2 is 1.74 bits per heavy atom. The lowest BCUT2D eigenvalue weighted by atomic mass is 9.92. The third kappa shape index (κ3) is 3.22. The predicted molar refractivity (Wildman–Crippen MR) is 134 cm³/mol. The van der Waals surface area contributed by atoms with E-state index < -0.39 is 18.4 Å². The Kier molecular flexibility index (Phi) is 4.60. The number of imidazole rings is 1. The highest BCUT2D eigenvalue weighted by molar-refractivity contribution is 6.23. The van der Waals surface area contributed by atoms with Gasteiger partial charge in [-0.15, -0.1) is 0 Å². The van der Waals surface area contributed by atoms with Crippen LogP contribution in [0.25, 0.3) is 43.5 Å². The third-order valence-electron chi connectivity index (χ3n) is 7.06. The molecule has 0 unspecified atom stereocenters. The zero-order valence-electron chi connectivity index (χ0n) is 18.8. The molecule has 3 atom stereocenters. The van der Waals surface area contributed by atoms with Crippen molar-refractivity contribution in [1.82, 2.24) is 19.5 Å². The Labute approximate surface area is 200 Å². The van der Waals surface area contributed by atoms with E-state index in [4.69, 9.17) is 15.2 Å². The number of nitrogens with zero attached hydrogens (tertiary/aromatic N) is 4. The number of aliphatic hydroxyl groups is 1. The summed E-state index contributed by atoms with van der Waals surface area (Å²) in [5.74, 6) is 0.320. The topological polar surface area (TPSA) is 108 Å². The number of anilines is 1. The molecule has 8 nitrogen and oxygen atoms in total. The van der Waals surface area contributed by atoms with Crippen LogP contribution in [-0.2, 0) is 16.1 Å². The van der Waals surface area contributed by atoms with Crippen LogP contribution < -0.4 is 5.73 Å². The highest BCUT2D eigenvalue weighted by Gasteiger charge is 2.36. The Morgan fingerprint density at radius 1 is 0.971 bits per heavy atom. The molecule has 35 heavy (non-hydrogen) atoms. The van der Waals surface area contributed by atoms with Crippen molar-refractivity contribution in [3.63, 3.8) is 0 Å².